The van der Waals surface area contributed by atoms with E-state index in [9.17, 15) is 18.0 Å². The van der Waals surface area contributed by atoms with Crippen molar-refractivity contribution in [3.8, 4) is 0 Å². The molecule has 21 heavy (non-hydrogen) atoms. The first-order chi connectivity index (χ1) is 9.88. The van der Waals surface area contributed by atoms with Crippen molar-refractivity contribution >= 4 is 5.91 Å². The third-order valence-electron chi connectivity index (χ3n) is 2.98. The van der Waals surface area contributed by atoms with Crippen LogP contribution >= 0.6 is 0 Å². The van der Waals surface area contributed by atoms with E-state index in [-0.39, 0.29) is 11.6 Å². The number of nitrogens with one attached hydrogen (secondary N) is 1. The maximum Gasteiger partial charge on any atom is 0.416 e. The fourth-order valence-corrected chi connectivity index (χ4v) is 1.81. The van der Waals surface area contributed by atoms with Crippen LogP contribution in [0, 0.1) is 0 Å². The molecule has 1 N–H and O–H groups in total. The van der Waals surface area contributed by atoms with Gasteiger partial charge in [-0.2, -0.15) is 13.2 Å². The van der Waals surface area contributed by atoms with Crippen molar-refractivity contribution in [1.82, 2.24) is 10.3 Å². The highest BCUT2D eigenvalue weighted by atomic mass is 19.4. The van der Waals surface area contributed by atoms with Crippen LogP contribution in [0.3, 0.4) is 0 Å². The zero-order valence-corrected chi connectivity index (χ0v) is 11.2. The van der Waals surface area contributed by atoms with Crippen molar-refractivity contribution in [2.24, 2.45) is 0 Å². The molecule has 3 nitrogen and oxygen atoms in total. The molecule has 1 heterocycles. The van der Waals surface area contributed by atoms with Crippen molar-refractivity contribution in [2.75, 3.05) is 0 Å². The average Bonchev–Trinajstić information content (AvgIpc) is 2.47. The Morgan fingerprint density at radius 2 is 1.81 bits per heavy atom. The highest BCUT2D eigenvalue weighted by molar-refractivity contribution is 5.92. The summed E-state index contributed by atoms with van der Waals surface area (Å²) < 4.78 is 37.4. The number of amides is 1. The molecule has 1 aromatic carbocycles. The molecule has 2 aromatic rings. The minimum atomic E-state index is -4.36. The second-order valence-electron chi connectivity index (χ2n) is 4.53. The second kappa shape index (κ2) is 5.95. The number of benzene rings is 1. The summed E-state index contributed by atoms with van der Waals surface area (Å²) in [7, 11) is 0. The summed E-state index contributed by atoms with van der Waals surface area (Å²) in [5.41, 5.74) is 0.137. The Morgan fingerprint density at radius 1 is 1.14 bits per heavy atom. The molecule has 1 aromatic heterocycles. The van der Waals surface area contributed by atoms with Crippen molar-refractivity contribution in [3.05, 3.63) is 65.5 Å². The van der Waals surface area contributed by atoms with Crippen LogP contribution in [-0.2, 0) is 6.18 Å². The third-order valence-corrected chi connectivity index (χ3v) is 2.98. The van der Waals surface area contributed by atoms with Crippen molar-refractivity contribution in [3.63, 3.8) is 0 Å². The molecule has 6 heteroatoms. The Balaban J connectivity index is 2.07. The molecule has 0 aliphatic heterocycles. The zero-order valence-electron chi connectivity index (χ0n) is 11.2. The Hall–Kier alpha value is -2.37. The number of alkyl halides is 3. The first-order valence-corrected chi connectivity index (χ1v) is 6.27. The van der Waals surface area contributed by atoms with E-state index in [2.05, 4.69) is 10.3 Å². The van der Waals surface area contributed by atoms with Gasteiger partial charge in [0.15, 0.2) is 0 Å². The number of aromatic nitrogens is 1. The number of carbonyl (C=O) groups is 1. The lowest BCUT2D eigenvalue weighted by molar-refractivity contribution is -0.137. The van der Waals surface area contributed by atoms with Gasteiger partial charge in [-0.25, -0.2) is 0 Å². The molecular weight excluding hydrogens is 281 g/mol. The molecule has 0 bridgehead atoms. The van der Waals surface area contributed by atoms with Gasteiger partial charge < -0.3 is 5.32 Å². The Labute approximate surface area is 119 Å². The lowest BCUT2D eigenvalue weighted by atomic mass is 10.1. The van der Waals surface area contributed by atoms with Gasteiger partial charge in [0.25, 0.3) is 5.91 Å². The van der Waals surface area contributed by atoms with Crippen LogP contribution in [0.25, 0.3) is 0 Å². The molecule has 110 valence electrons. The van der Waals surface area contributed by atoms with Gasteiger partial charge in [0.1, 0.15) is 5.69 Å². The van der Waals surface area contributed by atoms with E-state index in [1.807, 2.05) is 0 Å². The summed E-state index contributed by atoms with van der Waals surface area (Å²) >= 11 is 0. The van der Waals surface area contributed by atoms with E-state index in [4.69, 9.17) is 0 Å². The average molecular weight is 294 g/mol. The van der Waals surface area contributed by atoms with Gasteiger partial charge >= 0.3 is 6.18 Å². The van der Waals surface area contributed by atoms with Crippen LogP contribution in [0.5, 0.6) is 0 Å². The van der Waals surface area contributed by atoms with Gasteiger partial charge in [-0.05, 0) is 36.8 Å². The number of hydrogen-bond acceptors (Lipinski definition) is 2. The minimum Gasteiger partial charge on any atom is -0.344 e. The highest BCUT2D eigenvalue weighted by Crippen LogP contribution is 2.29. The standard InChI is InChI=1S/C15H13F3N2O/c1-10(20-14(21)13-4-2-3-9-19-13)11-5-7-12(8-6-11)15(16,17)18/h2-10H,1H3,(H,20,21)/t10-/m0/s1. The molecule has 0 spiro atoms. The molecule has 0 saturated heterocycles. The van der Waals surface area contributed by atoms with Gasteiger partial charge in [0.05, 0.1) is 11.6 Å². The maximum atomic E-state index is 12.5. The van der Waals surface area contributed by atoms with Gasteiger partial charge in [-0.15, -0.1) is 0 Å². The third kappa shape index (κ3) is 3.81. The lowest BCUT2D eigenvalue weighted by Crippen LogP contribution is -2.27. The molecule has 2 rings (SSSR count). The van der Waals surface area contributed by atoms with E-state index in [1.165, 1.54) is 18.3 Å². The van der Waals surface area contributed by atoms with Crippen LogP contribution in [-0.4, -0.2) is 10.9 Å². The molecule has 1 amide bonds. The Bertz CT molecular complexity index is 609. The first kappa shape index (κ1) is 15.0. The highest BCUT2D eigenvalue weighted by Gasteiger charge is 2.30. The van der Waals surface area contributed by atoms with Crippen LogP contribution in [0.4, 0.5) is 13.2 Å². The molecule has 0 fully saturated rings. The number of pyridine rings is 1. The normalized spacial score (nSPS) is 12.8. The van der Waals surface area contributed by atoms with Gasteiger partial charge in [0, 0.05) is 6.20 Å². The summed E-state index contributed by atoms with van der Waals surface area (Å²) in [4.78, 5) is 15.8. The fraction of sp³-hybridized carbons (Fsp3) is 0.200. The molecule has 0 aliphatic rings. The van der Waals surface area contributed by atoms with E-state index >= 15 is 0 Å². The smallest absolute Gasteiger partial charge is 0.344 e. The van der Waals surface area contributed by atoms with E-state index < -0.39 is 17.8 Å². The largest absolute Gasteiger partial charge is 0.416 e. The number of hydrogen-bond donors (Lipinski definition) is 1. The zero-order chi connectivity index (χ0) is 15.5. The number of rotatable bonds is 3. The molecule has 0 saturated carbocycles. The van der Waals surface area contributed by atoms with Gasteiger partial charge in [-0.3, -0.25) is 9.78 Å². The molecule has 0 radical (unpaired) electrons. The number of nitrogens with zero attached hydrogens (tertiary/aromatic N) is 1. The molecule has 1 atom stereocenters. The maximum absolute atomic E-state index is 12.5. The number of carbonyl (C=O) groups excluding carboxylic acids is 1. The SMILES string of the molecule is C[C@H](NC(=O)c1ccccn1)c1ccc(C(F)(F)F)cc1. The second-order valence-corrected chi connectivity index (χ2v) is 4.53. The summed E-state index contributed by atoms with van der Waals surface area (Å²) in [6.45, 7) is 1.70. The van der Waals surface area contributed by atoms with Crippen molar-refractivity contribution < 1.29 is 18.0 Å². The first-order valence-electron chi connectivity index (χ1n) is 6.27. The topological polar surface area (TPSA) is 42.0 Å². The van der Waals surface area contributed by atoms with E-state index in [1.54, 1.807) is 25.1 Å². The number of halogens is 3. The van der Waals surface area contributed by atoms with Gasteiger partial charge in [0.2, 0.25) is 0 Å². The summed E-state index contributed by atoms with van der Waals surface area (Å²) in [6, 6.07) is 9.23. The quantitative estimate of drug-likeness (QED) is 0.940. The fourth-order valence-electron chi connectivity index (χ4n) is 1.81. The minimum absolute atomic E-state index is 0.260. The van der Waals surface area contributed by atoms with Crippen LogP contribution in [0.15, 0.2) is 48.7 Å². The monoisotopic (exact) mass is 294 g/mol. The predicted octanol–water partition coefficient (Wildman–Crippen LogP) is 3.59. The van der Waals surface area contributed by atoms with E-state index in [0.29, 0.717) is 5.56 Å². The summed E-state index contributed by atoms with van der Waals surface area (Å²) in [5, 5.41) is 2.69. The predicted molar refractivity (Wildman–Crippen MR) is 71.6 cm³/mol. The van der Waals surface area contributed by atoms with Gasteiger partial charge in [-0.1, -0.05) is 18.2 Å². The van der Waals surface area contributed by atoms with Crippen molar-refractivity contribution in [2.45, 2.75) is 19.1 Å². The van der Waals surface area contributed by atoms with Crippen LogP contribution < -0.4 is 5.32 Å². The molecular formula is C15H13F3N2O. The Kier molecular flexibility index (Phi) is 4.26. The molecule has 0 aliphatic carbocycles. The molecule has 0 unspecified atom stereocenters. The summed E-state index contributed by atoms with van der Waals surface area (Å²) in [6.07, 6.45) is -2.86. The lowest BCUT2D eigenvalue weighted by Gasteiger charge is -2.15. The van der Waals surface area contributed by atoms with Crippen LogP contribution in [0.2, 0.25) is 0 Å². The van der Waals surface area contributed by atoms with Crippen molar-refractivity contribution in [1.29, 1.82) is 0 Å². The van der Waals surface area contributed by atoms with E-state index in [0.717, 1.165) is 12.1 Å². The Morgan fingerprint density at radius 3 is 2.33 bits per heavy atom. The van der Waals surface area contributed by atoms with Crippen LogP contribution in [0.1, 0.15) is 34.6 Å². The summed E-state index contributed by atoms with van der Waals surface area (Å²) in [5.74, 6) is -0.372.